The average molecular weight is 787 g/mol. The summed E-state index contributed by atoms with van der Waals surface area (Å²) in [5.41, 5.74) is -3.63. The Kier molecular flexibility index (Phi) is 12.0. The minimum absolute atomic E-state index is 0.0222. The van der Waals surface area contributed by atoms with Crippen LogP contribution in [0.15, 0.2) is 30.5 Å². The van der Waals surface area contributed by atoms with E-state index in [-0.39, 0.29) is 31.7 Å². The summed E-state index contributed by atoms with van der Waals surface area (Å²) in [5.74, 6) is -2.24. The van der Waals surface area contributed by atoms with Crippen LogP contribution in [0.25, 0.3) is 10.8 Å². The first-order valence-electron chi connectivity index (χ1n) is 19.1. The minimum atomic E-state index is -4.41. The molecule has 0 bridgehead atoms. The summed E-state index contributed by atoms with van der Waals surface area (Å²) in [6.07, 6.45) is 2.54. The number of methoxy groups -OCH3 is 1. The first kappa shape index (κ1) is 42.3. The Morgan fingerprint density at radius 3 is 2.36 bits per heavy atom. The van der Waals surface area contributed by atoms with Gasteiger partial charge in [0.15, 0.2) is 5.78 Å². The molecule has 2 aliphatic carbocycles. The second kappa shape index (κ2) is 15.6. The number of hydrogen-bond donors (Lipinski definition) is 1. The highest BCUT2D eigenvalue weighted by Crippen LogP contribution is 2.58. The van der Waals surface area contributed by atoms with Crippen LogP contribution in [0.2, 0.25) is 0 Å². The van der Waals surface area contributed by atoms with Gasteiger partial charge in [-0.2, -0.15) is 8.42 Å². The molecule has 2 saturated carbocycles. The van der Waals surface area contributed by atoms with Gasteiger partial charge in [-0.25, -0.2) is 13.9 Å². The number of ether oxygens (including phenoxy) is 3. The van der Waals surface area contributed by atoms with Crippen molar-refractivity contribution >= 4 is 44.6 Å². The minimum Gasteiger partial charge on any atom is -0.497 e. The molecule has 0 spiro atoms. The number of carbonyl (C=O) groups is 4. The number of likely N-dealkylation sites (tertiary alicyclic amines) is 1. The Bertz CT molecular complexity index is 1900. The van der Waals surface area contributed by atoms with Gasteiger partial charge in [0.1, 0.15) is 17.5 Å². The van der Waals surface area contributed by atoms with Crippen LogP contribution in [0, 0.1) is 22.7 Å². The molecule has 15 heteroatoms. The van der Waals surface area contributed by atoms with E-state index in [0.29, 0.717) is 43.9 Å². The number of carbonyl (C=O) groups excluding carboxylic acids is 4. The van der Waals surface area contributed by atoms with Crippen LogP contribution in [-0.4, -0.2) is 104 Å². The van der Waals surface area contributed by atoms with E-state index in [9.17, 15) is 27.6 Å². The lowest BCUT2D eigenvalue weighted by Gasteiger charge is -2.36. The fourth-order valence-corrected chi connectivity index (χ4v) is 9.06. The molecular weight excluding hydrogens is 729 g/mol. The number of Topliss-reactive ketones (excluding diaryl/α,β-unsaturated/α-hetero) is 1. The van der Waals surface area contributed by atoms with Crippen molar-refractivity contribution in [2.75, 3.05) is 34.3 Å². The predicted octanol–water partition coefficient (Wildman–Crippen LogP) is 4.83. The number of likely N-dealkylation sites (N-methyl/N-ethyl adjacent to an activating group) is 1. The maximum atomic E-state index is 14.7. The Morgan fingerprint density at radius 1 is 1.09 bits per heavy atom. The first-order valence-corrected chi connectivity index (χ1v) is 20.5. The highest BCUT2D eigenvalue weighted by Gasteiger charge is 2.62. The zero-order valence-electron chi connectivity index (χ0n) is 33.9. The molecule has 304 valence electrons. The summed E-state index contributed by atoms with van der Waals surface area (Å²) >= 11 is 0. The monoisotopic (exact) mass is 786 g/mol. The predicted molar refractivity (Wildman–Crippen MR) is 205 cm³/mol. The molecule has 5 rings (SSSR count). The topological polar surface area (TPSA) is 171 Å². The highest BCUT2D eigenvalue weighted by molar-refractivity contribution is 7.85. The van der Waals surface area contributed by atoms with Crippen molar-refractivity contribution in [3.63, 3.8) is 0 Å². The maximum absolute atomic E-state index is 14.7. The molecule has 0 radical (unpaired) electrons. The van der Waals surface area contributed by atoms with Crippen LogP contribution in [0.5, 0.6) is 11.6 Å². The molecule has 55 heavy (non-hydrogen) atoms. The zero-order chi connectivity index (χ0) is 40.7. The van der Waals surface area contributed by atoms with Crippen LogP contribution < -0.4 is 14.2 Å². The van der Waals surface area contributed by atoms with Gasteiger partial charge in [0.05, 0.1) is 43.1 Å². The Labute approximate surface area is 325 Å². The molecular formula is C40H58N4O10S. The quantitative estimate of drug-likeness (QED) is 0.217. The number of amides is 2. The van der Waals surface area contributed by atoms with Gasteiger partial charge in [0.2, 0.25) is 17.7 Å². The third-order valence-corrected chi connectivity index (χ3v) is 12.1. The molecule has 2 aromatic rings. The van der Waals surface area contributed by atoms with Crippen molar-refractivity contribution in [2.45, 2.75) is 117 Å². The second-order valence-electron chi connectivity index (χ2n) is 17.8. The molecule has 3 fully saturated rings. The summed E-state index contributed by atoms with van der Waals surface area (Å²) < 4.78 is 50.7. The Hall–Kier alpha value is -3.82. The Balaban J connectivity index is 1.43. The zero-order valence-corrected chi connectivity index (χ0v) is 34.7. The van der Waals surface area contributed by atoms with Crippen LogP contribution in [-0.2, 0) is 38.4 Å². The van der Waals surface area contributed by atoms with E-state index >= 15 is 0 Å². The molecule has 14 nitrogen and oxygen atoms in total. The van der Waals surface area contributed by atoms with E-state index in [1.165, 1.54) is 4.90 Å². The van der Waals surface area contributed by atoms with Crippen LogP contribution in [0.3, 0.4) is 0 Å². The summed E-state index contributed by atoms with van der Waals surface area (Å²) in [5, 5.41) is 1.54. The van der Waals surface area contributed by atoms with Crippen molar-refractivity contribution in [1.29, 1.82) is 0 Å². The molecule has 1 N–H and O–H groups in total. The summed E-state index contributed by atoms with van der Waals surface area (Å²) in [6.45, 7) is 13.3. The maximum Gasteiger partial charge on any atom is 0.362 e. The van der Waals surface area contributed by atoms with Crippen molar-refractivity contribution in [2.24, 2.45) is 22.7 Å². The molecule has 2 amide bonds. The van der Waals surface area contributed by atoms with Crippen LogP contribution in [0.1, 0.15) is 93.4 Å². The van der Waals surface area contributed by atoms with Gasteiger partial charge in [-0.3, -0.25) is 19.2 Å². The van der Waals surface area contributed by atoms with Gasteiger partial charge in [0, 0.05) is 31.0 Å². The highest BCUT2D eigenvalue weighted by atomic mass is 32.2. The van der Waals surface area contributed by atoms with Crippen LogP contribution >= 0.6 is 0 Å². The molecule has 5 unspecified atom stereocenters. The summed E-state index contributed by atoms with van der Waals surface area (Å²) in [4.78, 5) is 64.2. The van der Waals surface area contributed by atoms with E-state index in [1.807, 2.05) is 78.7 Å². The van der Waals surface area contributed by atoms with E-state index in [2.05, 4.69) is 9.71 Å². The van der Waals surface area contributed by atoms with Gasteiger partial charge in [-0.15, -0.1) is 0 Å². The van der Waals surface area contributed by atoms with Crippen LogP contribution in [0.4, 0.5) is 0 Å². The molecule has 1 saturated heterocycles. The fourth-order valence-electron chi connectivity index (χ4n) is 7.89. The molecule has 1 aromatic heterocycles. The normalized spacial score (nSPS) is 24.0. The van der Waals surface area contributed by atoms with Gasteiger partial charge in [0.25, 0.3) is 0 Å². The van der Waals surface area contributed by atoms with Crippen molar-refractivity contribution in [1.82, 2.24) is 19.5 Å². The smallest absolute Gasteiger partial charge is 0.362 e. The first-order chi connectivity index (χ1) is 25.5. The third kappa shape index (κ3) is 10.1. The lowest BCUT2D eigenvalue weighted by molar-refractivity contribution is -0.163. The number of benzene rings is 1. The number of rotatable bonds is 17. The number of nitrogens with one attached hydrogen (secondary N) is 1. The number of ketones is 1. The number of hydrogen-bond acceptors (Lipinski definition) is 12. The number of aromatic nitrogens is 1. The average Bonchev–Trinajstić information content (AvgIpc) is 3.93. The largest absolute Gasteiger partial charge is 0.497 e. The molecule has 3 aliphatic rings. The van der Waals surface area contributed by atoms with Gasteiger partial charge < -0.3 is 24.0 Å². The number of esters is 1. The summed E-state index contributed by atoms with van der Waals surface area (Å²) in [6, 6.07) is 6.29. The second-order valence-corrected chi connectivity index (χ2v) is 19.1. The molecule has 5 atom stereocenters. The fraction of sp³-hybridized carbons (Fsp3) is 0.675. The van der Waals surface area contributed by atoms with Crippen molar-refractivity contribution < 1.29 is 46.0 Å². The molecule has 1 aromatic carbocycles. The van der Waals surface area contributed by atoms with Gasteiger partial charge >= 0.3 is 16.3 Å². The van der Waals surface area contributed by atoms with E-state index in [4.69, 9.17) is 18.4 Å². The van der Waals surface area contributed by atoms with Gasteiger partial charge in [-0.05, 0) is 95.1 Å². The molecule has 1 aliphatic heterocycles. The lowest BCUT2D eigenvalue weighted by atomic mass is 9.77. The SMILES string of the molecule is CCC1CC1(CC(=O)C1CC(Oc2nccc3cc(OC)ccc23)CN1C(=O)C(CC(=O)OC(C)(C)CN(C)C)C(C)(C)C)C(=O)NS(=O)(=O)OC1(C)CC1. The lowest BCUT2D eigenvalue weighted by Crippen LogP contribution is -2.49. The summed E-state index contributed by atoms with van der Waals surface area (Å²) in [7, 11) is 0.925. The Morgan fingerprint density at radius 2 is 1.78 bits per heavy atom. The number of pyridine rings is 1. The van der Waals surface area contributed by atoms with Gasteiger partial charge in [-0.1, -0.05) is 34.1 Å². The molecule has 2 heterocycles. The van der Waals surface area contributed by atoms with E-state index in [1.54, 1.807) is 26.3 Å². The third-order valence-electron chi connectivity index (χ3n) is 11.1. The number of nitrogens with zero attached hydrogens (tertiary/aromatic N) is 3. The standard InChI is InChI=1S/C40H58N4O10S/c1-11-26-21-40(26,36(48)42-55(49,50)54-39(7)15-16-39)22-32(45)31-19-28(52-34-29-13-12-27(51-10)18-25(29)14-17-41-34)23-44(31)35(47)30(37(2,3)4)20-33(46)53-38(5,6)24-43(8)9/h12-14,17-18,26,28,30-31H,11,15-16,19-24H2,1-10H3,(H,42,48). The van der Waals surface area contributed by atoms with E-state index in [0.717, 1.165) is 10.8 Å². The van der Waals surface area contributed by atoms with Crippen molar-refractivity contribution in [3.05, 3.63) is 30.5 Å². The van der Waals surface area contributed by atoms with E-state index < -0.39 is 74.0 Å². The number of fused-ring (bicyclic) bond motifs is 1. The van der Waals surface area contributed by atoms with Crippen molar-refractivity contribution in [3.8, 4) is 11.6 Å².